The number of thiazole rings is 1. The van der Waals surface area contributed by atoms with Crippen molar-refractivity contribution in [1.82, 2.24) is 4.98 Å². The SMILES string of the molecule is CCCCc1nc2cc(C)c(C)cc2s1. The van der Waals surface area contributed by atoms with Crippen molar-refractivity contribution < 1.29 is 0 Å². The normalized spacial score (nSPS) is 11.1. The zero-order valence-corrected chi connectivity index (χ0v) is 10.4. The summed E-state index contributed by atoms with van der Waals surface area (Å²) in [5.41, 5.74) is 3.89. The molecule has 2 aromatic rings. The second-order valence-corrected chi connectivity index (χ2v) is 5.23. The summed E-state index contributed by atoms with van der Waals surface area (Å²) in [5.74, 6) is 0. The van der Waals surface area contributed by atoms with E-state index in [1.807, 2.05) is 11.3 Å². The van der Waals surface area contributed by atoms with Gasteiger partial charge in [0.15, 0.2) is 0 Å². The lowest BCUT2D eigenvalue weighted by Gasteiger charge is -1.97. The van der Waals surface area contributed by atoms with Crippen LogP contribution in [0.15, 0.2) is 12.1 Å². The summed E-state index contributed by atoms with van der Waals surface area (Å²) in [4.78, 5) is 4.67. The highest BCUT2D eigenvalue weighted by Crippen LogP contribution is 2.26. The summed E-state index contributed by atoms with van der Waals surface area (Å²) < 4.78 is 1.34. The Hall–Kier alpha value is -0.890. The number of aryl methyl sites for hydroxylation is 3. The third kappa shape index (κ3) is 2.20. The standard InChI is InChI=1S/C13H17NS/c1-4-5-6-13-14-11-7-9(2)10(3)8-12(11)15-13/h7-8H,4-6H2,1-3H3. The zero-order chi connectivity index (χ0) is 10.8. The van der Waals surface area contributed by atoms with Crippen LogP contribution in [0.5, 0.6) is 0 Å². The topological polar surface area (TPSA) is 12.9 Å². The van der Waals surface area contributed by atoms with Crippen LogP contribution in [0.1, 0.15) is 35.9 Å². The maximum absolute atomic E-state index is 4.67. The quantitative estimate of drug-likeness (QED) is 0.751. The van der Waals surface area contributed by atoms with Crippen LogP contribution in [-0.4, -0.2) is 4.98 Å². The Morgan fingerprint density at radius 3 is 2.67 bits per heavy atom. The van der Waals surface area contributed by atoms with Crippen molar-refractivity contribution >= 4 is 21.6 Å². The van der Waals surface area contributed by atoms with Gasteiger partial charge in [0.25, 0.3) is 0 Å². The minimum Gasteiger partial charge on any atom is -0.241 e. The fourth-order valence-electron chi connectivity index (χ4n) is 1.66. The lowest BCUT2D eigenvalue weighted by atomic mass is 10.1. The van der Waals surface area contributed by atoms with Crippen molar-refractivity contribution in [2.45, 2.75) is 40.0 Å². The van der Waals surface area contributed by atoms with E-state index in [0.29, 0.717) is 0 Å². The van der Waals surface area contributed by atoms with Crippen LogP contribution in [0.3, 0.4) is 0 Å². The van der Waals surface area contributed by atoms with Crippen LogP contribution in [0.25, 0.3) is 10.2 Å². The largest absolute Gasteiger partial charge is 0.241 e. The van der Waals surface area contributed by atoms with Gasteiger partial charge in [0.2, 0.25) is 0 Å². The summed E-state index contributed by atoms with van der Waals surface area (Å²) in [6.45, 7) is 6.54. The van der Waals surface area contributed by atoms with Gasteiger partial charge in [-0.1, -0.05) is 13.3 Å². The highest BCUT2D eigenvalue weighted by Gasteiger charge is 2.04. The molecule has 0 saturated carbocycles. The number of nitrogens with zero attached hydrogens (tertiary/aromatic N) is 1. The molecule has 80 valence electrons. The Kier molecular flexibility index (Phi) is 3.06. The van der Waals surface area contributed by atoms with Crippen LogP contribution in [0.4, 0.5) is 0 Å². The maximum Gasteiger partial charge on any atom is 0.0938 e. The van der Waals surface area contributed by atoms with Gasteiger partial charge in [-0.2, -0.15) is 0 Å². The van der Waals surface area contributed by atoms with Crippen LogP contribution in [0.2, 0.25) is 0 Å². The summed E-state index contributed by atoms with van der Waals surface area (Å²) in [7, 11) is 0. The molecule has 0 N–H and O–H groups in total. The molecule has 1 nitrogen and oxygen atoms in total. The van der Waals surface area contributed by atoms with Gasteiger partial charge in [-0.25, -0.2) is 4.98 Å². The average Bonchev–Trinajstić information content (AvgIpc) is 2.58. The molecule has 0 aliphatic heterocycles. The van der Waals surface area contributed by atoms with E-state index in [4.69, 9.17) is 0 Å². The van der Waals surface area contributed by atoms with E-state index in [9.17, 15) is 0 Å². The lowest BCUT2D eigenvalue weighted by molar-refractivity contribution is 0.791. The number of hydrogen-bond donors (Lipinski definition) is 0. The third-order valence-corrected chi connectivity index (χ3v) is 3.87. The molecule has 0 saturated heterocycles. The number of rotatable bonds is 3. The third-order valence-electron chi connectivity index (χ3n) is 2.79. The first-order valence-electron chi connectivity index (χ1n) is 5.57. The Labute approximate surface area is 95.2 Å². The van der Waals surface area contributed by atoms with E-state index in [2.05, 4.69) is 37.9 Å². The first kappa shape index (κ1) is 10.6. The minimum absolute atomic E-state index is 1.13. The molecule has 15 heavy (non-hydrogen) atoms. The van der Waals surface area contributed by atoms with Crippen LogP contribution in [-0.2, 0) is 6.42 Å². The molecule has 1 heterocycles. The van der Waals surface area contributed by atoms with E-state index >= 15 is 0 Å². The van der Waals surface area contributed by atoms with Gasteiger partial charge in [0.05, 0.1) is 15.2 Å². The minimum atomic E-state index is 1.13. The van der Waals surface area contributed by atoms with Crippen LogP contribution < -0.4 is 0 Å². The summed E-state index contributed by atoms with van der Waals surface area (Å²) in [6.07, 6.45) is 3.62. The second kappa shape index (κ2) is 4.31. The molecule has 0 spiro atoms. The predicted molar refractivity (Wildman–Crippen MR) is 67.7 cm³/mol. The number of hydrogen-bond acceptors (Lipinski definition) is 2. The Balaban J connectivity index is 2.38. The van der Waals surface area contributed by atoms with Gasteiger partial charge in [-0.3, -0.25) is 0 Å². The number of fused-ring (bicyclic) bond motifs is 1. The molecule has 1 aromatic carbocycles. The molecule has 0 radical (unpaired) electrons. The Morgan fingerprint density at radius 1 is 1.20 bits per heavy atom. The molecule has 0 aliphatic rings. The molecular weight excluding hydrogens is 202 g/mol. The van der Waals surface area contributed by atoms with Crippen molar-refractivity contribution in [3.63, 3.8) is 0 Å². The molecule has 1 aromatic heterocycles. The Morgan fingerprint density at radius 2 is 1.93 bits per heavy atom. The highest BCUT2D eigenvalue weighted by molar-refractivity contribution is 7.18. The number of unbranched alkanes of at least 4 members (excludes halogenated alkanes) is 1. The van der Waals surface area contributed by atoms with Gasteiger partial charge in [0, 0.05) is 0 Å². The van der Waals surface area contributed by atoms with Crippen LogP contribution in [0, 0.1) is 13.8 Å². The second-order valence-electron chi connectivity index (χ2n) is 4.12. The summed E-state index contributed by atoms with van der Waals surface area (Å²) >= 11 is 1.85. The average molecular weight is 219 g/mol. The molecule has 2 heteroatoms. The van der Waals surface area contributed by atoms with Crippen molar-refractivity contribution in [3.8, 4) is 0 Å². The van der Waals surface area contributed by atoms with Gasteiger partial charge in [0.1, 0.15) is 0 Å². The summed E-state index contributed by atoms with van der Waals surface area (Å²) in [5, 5.41) is 1.29. The Bertz CT molecular complexity index is 432. The molecule has 0 aliphatic carbocycles. The highest BCUT2D eigenvalue weighted by atomic mass is 32.1. The van der Waals surface area contributed by atoms with Gasteiger partial charge in [-0.05, 0) is 49.9 Å². The van der Waals surface area contributed by atoms with Crippen LogP contribution >= 0.6 is 11.3 Å². The lowest BCUT2D eigenvalue weighted by Crippen LogP contribution is -1.82. The van der Waals surface area contributed by atoms with E-state index < -0.39 is 0 Å². The van der Waals surface area contributed by atoms with Crippen molar-refractivity contribution in [3.05, 3.63) is 28.3 Å². The van der Waals surface area contributed by atoms with Gasteiger partial charge >= 0.3 is 0 Å². The zero-order valence-electron chi connectivity index (χ0n) is 9.63. The van der Waals surface area contributed by atoms with E-state index in [1.165, 1.54) is 39.2 Å². The fraction of sp³-hybridized carbons (Fsp3) is 0.462. The molecule has 0 bridgehead atoms. The molecule has 0 fully saturated rings. The van der Waals surface area contributed by atoms with E-state index in [-0.39, 0.29) is 0 Å². The fourth-order valence-corrected chi connectivity index (χ4v) is 2.75. The van der Waals surface area contributed by atoms with Crippen molar-refractivity contribution in [1.29, 1.82) is 0 Å². The van der Waals surface area contributed by atoms with Gasteiger partial charge in [-0.15, -0.1) is 11.3 Å². The number of aromatic nitrogens is 1. The predicted octanol–water partition coefficient (Wildman–Crippen LogP) is 4.26. The monoisotopic (exact) mass is 219 g/mol. The molecule has 2 rings (SSSR count). The molecular formula is C13H17NS. The van der Waals surface area contributed by atoms with E-state index in [0.717, 1.165) is 6.42 Å². The van der Waals surface area contributed by atoms with Crippen molar-refractivity contribution in [2.75, 3.05) is 0 Å². The number of benzene rings is 1. The van der Waals surface area contributed by atoms with Crippen molar-refractivity contribution in [2.24, 2.45) is 0 Å². The first-order chi connectivity index (χ1) is 7.20. The van der Waals surface area contributed by atoms with E-state index in [1.54, 1.807) is 0 Å². The molecule has 0 amide bonds. The molecule has 0 unspecified atom stereocenters. The maximum atomic E-state index is 4.67. The summed E-state index contributed by atoms with van der Waals surface area (Å²) in [6, 6.07) is 4.47. The smallest absolute Gasteiger partial charge is 0.0938 e. The first-order valence-corrected chi connectivity index (χ1v) is 6.39. The van der Waals surface area contributed by atoms with Gasteiger partial charge < -0.3 is 0 Å². The molecule has 0 atom stereocenters.